The molecule has 0 atom stereocenters. The molecule has 0 saturated carbocycles. The van der Waals surface area contributed by atoms with Crippen molar-refractivity contribution in [1.82, 2.24) is 10.2 Å². The quantitative estimate of drug-likeness (QED) is 0.719. The van der Waals surface area contributed by atoms with Gasteiger partial charge in [0.15, 0.2) is 0 Å². The number of rotatable bonds is 4. The predicted octanol–water partition coefficient (Wildman–Crippen LogP) is 4.73. The van der Waals surface area contributed by atoms with Crippen LogP contribution in [0.25, 0.3) is 0 Å². The largest absolute Gasteiger partial charge is 0.416 e. The Morgan fingerprint density at radius 2 is 1.48 bits per heavy atom. The third-order valence-electron chi connectivity index (χ3n) is 6.42. The van der Waals surface area contributed by atoms with Crippen molar-refractivity contribution in [1.29, 1.82) is 0 Å². The summed E-state index contributed by atoms with van der Waals surface area (Å²) < 4.78 is 38.2. The van der Waals surface area contributed by atoms with Gasteiger partial charge in [-0.2, -0.15) is 13.2 Å². The average Bonchev–Trinajstić information content (AvgIpc) is 2.84. The van der Waals surface area contributed by atoms with Crippen LogP contribution in [-0.2, 0) is 6.18 Å². The number of para-hydroxylation sites is 1. The molecule has 33 heavy (non-hydrogen) atoms. The Kier molecular flexibility index (Phi) is 6.91. The maximum absolute atomic E-state index is 13.1. The number of carbonyl (C=O) groups excluding carboxylic acids is 2. The number of anilines is 1. The fraction of sp³-hybridized carbons (Fsp3) is 0.440. The number of likely N-dealkylation sites (tertiary alicyclic amines) is 1. The molecule has 2 aliphatic heterocycles. The van der Waals surface area contributed by atoms with Gasteiger partial charge in [0, 0.05) is 43.5 Å². The molecule has 1 N–H and O–H groups in total. The number of nitrogens with zero attached hydrogens (tertiary/aromatic N) is 2. The third kappa shape index (κ3) is 5.49. The molecule has 2 aliphatic rings. The second kappa shape index (κ2) is 9.85. The van der Waals surface area contributed by atoms with Gasteiger partial charge >= 0.3 is 6.18 Å². The van der Waals surface area contributed by atoms with Crippen molar-refractivity contribution in [3.05, 3.63) is 65.2 Å². The summed E-state index contributed by atoms with van der Waals surface area (Å²) in [6, 6.07) is 11.9. The average molecular weight is 460 g/mol. The van der Waals surface area contributed by atoms with Crippen LogP contribution in [0.2, 0.25) is 0 Å². The molecule has 0 unspecified atom stereocenters. The fourth-order valence-corrected chi connectivity index (χ4v) is 4.54. The second-order valence-electron chi connectivity index (χ2n) is 8.68. The van der Waals surface area contributed by atoms with Crippen molar-refractivity contribution >= 4 is 17.5 Å². The van der Waals surface area contributed by atoms with Crippen LogP contribution in [0.3, 0.4) is 0 Å². The number of carbonyl (C=O) groups is 2. The summed E-state index contributed by atoms with van der Waals surface area (Å²) in [5.41, 5.74) is 1.07. The Morgan fingerprint density at radius 3 is 2.12 bits per heavy atom. The molecule has 0 radical (unpaired) electrons. The van der Waals surface area contributed by atoms with Crippen molar-refractivity contribution < 1.29 is 22.8 Å². The van der Waals surface area contributed by atoms with E-state index in [-0.39, 0.29) is 23.4 Å². The molecule has 2 fully saturated rings. The van der Waals surface area contributed by atoms with Crippen LogP contribution < -0.4 is 10.2 Å². The van der Waals surface area contributed by atoms with Gasteiger partial charge in [-0.1, -0.05) is 12.1 Å². The van der Waals surface area contributed by atoms with E-state index in [4.69, 9.17) is 0 Å². The SMILES string of the molecule is O=C(NC1CCN(c2ccccc2C(=O)N2CCCCC2)CC1)c1ccc(C(F)(F)F)cc1. The van der Waals surface area contributed by atoms with Crippen LogP contribution in [0, 0.1) is 0 Å². The Hall–Kier alpha value is -3.03. The molecule has 0 aromatic heterocycles. The minimum absolute atomic E-state index is 0.0685. The molecular formula is C25H28F3N3O2. The van der Waals surface area contributed by atoms with Crippen LogP contribution in [0.4, 0.5) is 18.9 Å². The van der Waals surface area contributed by atoms with Crippen LogP contribution in [-0.4, -0.2) is 48.9 Å². The van der Waals surface area contributed by atoms with Crippen molar-refractivity contribution in [2.24, 2.45) is 0 Å². The first kappa shape index (κ1) is 23.1. The normalized spacial score (nSPS) is 17.7. The maximum Gasteiger partial charge on any atom is 0.416 e. The summed E-state index contributed by atoms with van der Waals surface area (Å²) in [4.78, 5) is 29.7. The number of benzene rings is 2. The molecule has 0 aliphatic carbocycles. The van der Waals surface area contributed by atoms with Crippen molar-refractivity contribution in [3.63, 3.8) is 0 Å². The predicted molar refractivity (Wildman–Crippen MR) is 120 cm³/mol. The lowest BCUT2D eigenvalue weighted by Gasteiger charge is -2.36. The Balaban J connectivity index is 1.35. The summed E-state index contributed by atoms with van der Waals surface area (Å²) in [5, 5.41) is 2.93. The summed E-state index contributed by atoms with van der Waals surface area (Å²) in [5.74, 6) is -0.300. The number of amides is 2. The fourth-order valence-electron chi connectivity index (χ4n) is 4.54. The topological polar surface area (TPSA) is 52.7 Å². The number of hydrogen-bond donors (Lipinski definition) is 1. The number of piperidine rings is 2. The van der Waals surface area contributed by atoms with E-state index in [9.17, 15) is 22.8 Å². The van der Waals surface area contributed by atoms with E-state index in [1.165, 1.54) is 12.1 Å². The highest BCUT2D eigenvalue weighted by molar-refractivity contribution is 6.00. The van der Waals surface area contributed by atoms with E-state index in [2.05, 4.69) is 10.2 Å². The van der Waals surface area contributed by atoms with E-state index in [0.717, 1.165) is 50.2 Å². The van der Waals surface area contributed by atoms with Crippen molar-refractivity contribution in [2.45, 2.75) is 44.3 Å². The first-order chi connectivity index (χ1) is 15.8. The van der Waals surface area contributed by atoms with E-state index in [0.29, 0.717) is 31.5 Å². The second-order valence-corrected chi connectivity index (χ2v) is 8.68. The summed E-state index contributed by atoms with van der Waals surface area (Å²) in [6.07, 6.45) is 0.206. The van der Waals surface area contributed by atoms with E-state index < -0.39 is 11.7 Å². The Labute approximate surface area is 191 Å². The molecule has 176 valence electrons. The highest BCUT2D eigenvalue weighted by Gasteiger charge is 2.30. The zero-order valence-corrected chi connectivity index (χ0v) is 18.4. The maximum atomic E-state index is 13.1. The van der Waals surface area contributed by atoms with Gasteiger partial charge in [0.1, 0.15) is 0 Å². The molecule has 8 heteroatoms. The van der Waals surface area contributed by atoms with E-state index in [1.807, 2.05) is 29.2 Å². The molecule has 2 heterocycles. The smallest absolute Gasteiger partial charge is 0.371 e. The standard InChI is InChI=1S/C25H28F3N3O2/c26-25(27,28)19-10-8-18(9-11-19)23(32)29-20-12-16-30(17-13-20)22-7-3-2-6-21(22)24(33)31-14-4-1-5-15-31/h2-3,6-11,20H,1,4-5,12-17H2,(H,29,32). The van der Waals surface area contributed by atoms with E-state index >= 15 is 0 Å². The minimum atomic E-state index is -4.42. The number of halogens is 3. The zero-order valence-electron chi connectivity index (χ0n) is 18.4. The molecule has 2 saturated heterocycles. The van der Waals surface area contributed by atoms with Gasteiger partial charge in [-0.25, -0.2) is 0 Å². The summed E-state index contributed by atoms with van der Waals surface area (Å²) >= 11 is 0. The molecule has 0 spiro atoms. The third-order valence-corrected chi connectivity index (χ3v) is 6.42. The van der Waals surface area contributed by atoms with Gasteiger partial charge in [0.2, 0.25) is 0 Å². The van der Waals surface area contributed by atoms with Crippen LogP contribution in [0.5, 0.6) is 0 Å². The van der Waals surface area contributed by atoms with Gasteiger partial charge < -0.3 is 15.1 Å². The highest BCUT2D eigenvalue weighted by atomic mass is 19.4. The molecule has 2 amide bonds. The number of hydrogen-bond acceptors (Lipinski definition) is 3. The van der Waals surface area contributed by atoms with Crippen LogP contribution >= 0.6 is 0 Å². The van der Waals surface area contributed by atoms with Gasteiger partial charge in [0.05, 0.1) is 11.1 Å². The molecule has 2 aromatic carbocycles. The molecule has 4 rings (SSSR count). The zero-order chi connectivity index (χ0) is 23.4. The Morgan fingerprint density at radius 1 is 0.848 bits per heavy atom. The molecular weight excluding hydrogens is 431 g/mol. The first-order valence-electron chi connectivity index (χ1n) is 11.4. The summed E-state index contributed by atoms with van der Waals surface area (Å²) in [6.45, 7) is 2.96. The van der Waals surface area contributed by atoms with Gasteiger partial charge in [-0.15, -0.1) is 0 Å². The van der Waals surface area contributed by atoms with Gasteiger partial charge in [-0.05, 0) is 68.5 Å². The van der Waals surface area contributed by atoms with Crippen LogP contribution in [0.1, 0.15) is 58.4 Å². The number of nitrogens with one attached hydrogen (secondary N) is 1. The van der Waals surface area contributed by atoms with Crippen molar-refractivity contribution in [3.8, 4) is 0 Å². The summed E-state index contributed by atoms with van der Waals surface area (Å²) in [7, 11) is 0. The molecule has 2 aromatic rings. The van der Waals surface area contributed by atoms with E-state index in [1.54, 1.807) is 0 Å². The Bertz CT molecular complexity index is 977. The monoisotopic (exact) mass is 459 g/mol. The lowest BCUT2D eigenvalue weighted by molar-refractivity contribution is -0.137. The van der Waals surface area contributed by atoms with Gasteiger partial charge in [-0.3, -0.25) is 9.59 Å². The number of alkyl halides is 3. The lowest BCUT2D eigenvalue weighted by Crippen LogP contribution is -2.45. The lowest BCUT2D eigenvalue weighted by atomic mass is 10.0. The van der Waals surface area contributed by atoms with Gasteiger partial charge in [0.25, 0.3) is 11.8 Å². The first-order valence-corrected chi connectivity index (χ1v) is 11.4. The molecule has 5 nitrogen and oxygen atoms in total. The highest BCUT2D eigenvalue weighted by Crippen LogP contribution is 2.29. The van der Waals surface area contributed by atoms with Crippen LogP contribution in [0.15, 0.2) is 48.5 Å². The molecule has 0 bridgehead atoms. The minimum Gasteiger partial charge on any atom is -0.371 e. The van der Waals surface area contributed by atoms with Crippen molar-refractivity contribution in [2.75, 3.05) is 31.1 Å².